The number of hydrogen-bond acceptors (Lipinski definition) is 3. The first kappa shape index (κ1) is 26.2. The summed E-state index contributed by atoms with van der Waals surface area (Å²) in [7, 11) is 0. The van der Waals surface area contributed by atoms with E-state index in [0.29, 0.717) is 16.3 Å². The van der Waals surface area contributed by atoms with Crippen molar-refractivity contribution >= 4 is 33.8 Å². The van der Waals surface area contributed by atoms with Crippen molar-refractivity contribution in [2.24, 2.45) is 10.8 Å². The normalized spacial score (nSPS) is 23.6. The van der Waals surface area contributed by atoms with Gasteiger partial charge in [-0.1, -0.05) is 42.5 Å². The second-order valence-electron chi connectivity index (χ2n) is 9.92. The minimum atomic E-state index is -5.37. The van der Waals surface area contributed by atoms with E-state index in [0.717, 1.165) is 12.1 Å². The third-order valence-corrected chi connectivity index (χ3v) is 8.31. The quantitative estimate of drug-likeness (QED) is 0.289. The molecule has 202 valence electrons. The lowest BCUT2D eigenvalue weighted by molar-refractivity contribution is -0.367. The number of alkyl halides is 3. The first-order valence-electron chi connectivity index (χ1n) is 11.5. The molecule has 3 aromatic rings. The summed E-state index contributed by atoms with van der Waals surface area (Å²) < 4.78 is 84.6. The van der Waals surface area contributed by atoms with Crippen molar-refractivity contribution in [1.82, 2.24) is 5.32 Å². The Morgan fingerprint density at radius 3 is 2.18 bits per heavy atom. The van der Waals surface area contributed by atoms with Crippen LogP contribution < -0.4 is 10.1 Å². The number of carbonyl (C=O) groups is 2. The fourth-order valence-corrected chi connectivity index (χ4v) is 6.08. The van der Waals surface area contributed by atoms with Crippen LogP contribution in [0.3, 0.4) is 0 Å². The molecule has 1 unspecified atom stereocenters. The smallest absolute Gasteiger partial charge is 0.394 e. The highest BCUT2D eigenvalue weighted by atomic mass is 32.3. The molecule has 0 saturated heterocycles. The second-order valence-corrected chi connectivity index (χ2v) is 11.2. The van der Waals surface area contributed by atoms with E-state index in [1.165, 1.54) is 18.2 Å². The molecule has 0 spiro atoms. The maximum atomic E-state index is 13.3. The Labute approximate surface area is 215 Å². The Bertz CT molecular complexity index is 1400. The van der Waals surface area contributed by atoms with Gasteiger partial charge >= 0.3 is 12.1 Å². The van der Waals surface area contributed by atoms with Crippen LogP contribution in [0.15, 0.2) is 65.6 Å². The molecule has 5 nitrogen and oxygen atoms in total. The third kappa shape index (κ3) is 4.34. The van der Waals surface area contributed by atoms with Gasteiger partial charge in [0.1, 0.15) is 18.4 Å². The summed E-state index contributed by atoms with van der Waals surface area (Å²) >= 11 is -5.37. The van der Waals surface area contributed by atoms with Crippen molar-refractivity contribution < 1.29 is 44.3 Å². The van der Waals surface area contributed by atoms with E-state index >= 15 is 0 Å². The summed E-state index contributed by atoms with van der Waals surface area (Å²) in [5.41, 5.74) is -2.68. The first-order chi connectivity index (χ1) is 17.7. The summed E-state index contributed by atoms with van der Waals surface area (Å²) in [6.45, 7) is -0.178. The van der Waals surface area contributed by atoms with E-state index in [-0.39, 0.29) is 37.2 Å². The molecular weight excluding hydrogens is 536 g/mol. The zero-order valence-corrected chi connectivity index (χ0v) is 20.3. The third-order valence-electron chi connectivity index (χ3n) is 7.51. The molecule has 3 fully saturated rings. The molecule has 0 radical (unpaired) electrons. The number of nitrogens with one attached hydrogen (secondary N) is 1. The summed E-state index contributed by atoms with van der Waals surface area (Å²) in [6.07, 6.45) is -5.52. The number of halogens is 6. The van der Waals surface area contributed by atoms with Crippen LogP contribution in [0.1, 0.15) is 35.2 Å². The molecule has 6 rings (SSSR count). The maximum absolute atomic E-state index is 13.3. The summed E-state index contributed by atoms with van der Waals surface area (Å²) in [5, 5.41) is 13.3. The largest absolute Gasteiger partial charge is 0.487 e. The van der Waals surface area contributed by atoms with E-state index in [4.69, 9.17) is 4.74 Å². The van der Waals surface area contributed by atoms with Gasteiger partial charge in [0.25, 0.3) is 5.91 Å². The number of carboxylic acid groups (broad SMARTS) is 1. The minimum absolute atomic E-state index is 0.0385. The zero-order valence-electron chi connectivity index (χ0n) is 19.5. The Hall–Kier alpha value is -3.41. The Balaban J connectivity index is 1.39. The molecule has 0 heterocycles. The van der Waals surface area contributed by atoms with Gasteiger partial charge in [0, 0.05) is 10.8 Å². The number of benzene rings is 3. The SMILES string of the molecule is O=C(NC(C(=O)O)C12CC(C(F)(F)F)(C1)C2)c1ccc2ccccc2c1OCc1ccc(S(F)(F)F)cc1. The lowest BCUT2D eigenvalue weighted by atomic mass is 9.33. The van der Waals surface area contributed by atoms with E-state index in [9.17, 15) is 39.5 Å². The van der Waals surface area contributed by atoms with Gasteiger partial charge in [-0.25, -0.2) is 4.79 Å². The van der Waals surface area contributed by atoms with E-state index in [1.807, 2.05) is 0 Å². The molecule has 1 atom stereocenters. The molecule has 3 aromatic carbocycles. The highest BCUT2D eigenvalue weighted by Gasteiger charge is 2.81. The van der Waals surface area contributed by atoms with Crippen molar-refractivity contribution in [2.45, 2.75) is 43.0 Å². The molecule has 12 heteroatoms. The summed E-state index contributed by atoms with van der Waals surface area (Å²) in [5.74, 6) is -2.18. The zero-order chi connectivity index (χ0) is 27.5. The number of hydrogen-bond donors (Lipinski definition) is 2. The van der Waals surface area contributed by atoms with Crippen molar-refractivity contribution in [1.29, 1.82) is 0 Å². The number of fused-ring (bicyclic) bond motifs is 1. The van der Waals surface area contributed by atoms with Crippen molar-refractivity contribution in [3.63, 3.8) is 0 Å². The lowest BCUT2D eigenvalue weighted by Gasteiger charge is -2.72. The van der Waals surface area contributed by atoms with Gasteiger partial charge < -0.3 is 15.2 Å². The van der Waals surface area contributed by atoms with Gasteiger partial charge in [-0.15, -0.1) is 11.7 Å². The van der Waals surface area contributed by atoms with Crippen molar-refractivity contribution in [2.75, 3.05) is 0 Å². The van der Waals surface area contributed by atoms with Crippen molar-refractivity contribution in [3.8, 4) is 5.75 Å². The number of ether oxygens (including phenoxy) is 1. The number of amides is 1. The molecule has 2 N–H and O–H groups in total. The minimum Gasteiger partial charge on any atom is -0.487 e. The van der Waals surface area contributed by atoms with Crippen LogP contribution in [0.2, 0.25) is 0 Å². The number of carbonyl (C=O) groups excluding carboxylic acids is 1. The van der Waals surface area contributed by atoms with Crippen LogP contribution in [0.4, 0.5) is 24.8 Å². The molecule has 3 saturated carbocycles. The van der Waals surface area contributed by atoms with Gasteiger partial charge in [-0.05, 0) is 48.4 Å². The van der Waals surface area contributed by atoms with Gasteiger partial charge in [0.15, 0.2) is 0 Å². The average Bonchev–Trinajstić information content (AvgIpc) is 2.78. The summed E-state index contributed by atoms with van der Waals surface area (Å²) in [6, 6.07) is 12.8. The van der Waals surface area contributed by atoms with Gasteiger partial charge in [0.2, 0.25) is 11.2 Å². The molecular formula is C26H21F6NO4S. The molecule has 0 aliphatic heterocycles. The van der Waals surface area contributed by atoms with E-state index in [2.05, 4.69) is 5.32 Å². The highest BCUT2D eigenvalue weighted by Crippen LogP contribution is 2.79. The standard InChI is InChI=1S/C26H21F6NO4S/c27-26(28,29)25-12-24(13-25,14-25)21(23(35)36)33-22(34)19-10-7-16-3-1-2-4-18(16)20(19)37-11-15-5-8-17(9-6-15)38(30,31)32/h1-10,21H,11-14H2,(H,33,34)(H,35,36). The second kappa shape index (κ2) is 8.82. The van der Waals surface area contributed by atoms with E-state index < -0.39 is 51.0 Å². The van der Waals surface area contributed by atoms with Gasteiger partial charge in [0.05, 0.1) is 15.9 Å². The Morgan fingerprint density at radius 2 is 1.61 bits per heavy atom. The van der Waals surface area contributed by atoms with Crippen LogP contribution >= 0.6 is 11.2 Å². The fraction of sp³-hybridized carbons (Fsp3) is 0.308. The Morgan fingerprint density at radius 1 is 0.974 bits per heavy atom. The Kier molecular flexibility index (Phi) is 6.08. The average molecular weight is 558 g/mol. The van der Waals surface area contributed by atoms with Gasteiger partial charge in [-0.3, -0.25) is 4.79 Å². The maximum Gasteiger partial charge on any atom is 0.394 e. The predicted molar refractivity (Wildman–Crippen MR) is 128 cm³/mol. The van der Waals surface area contributed by atoms with Crippen LogP contribution in [0, 0.1) is 10.8 Å². The molecule has 38 heavy (non-hydrogen) atoms. The van der Waals surface area contributed by atoms with Crippen LogP contribution in [0.25, 0.3) is 10.8 Å². The first-order valence-corrected chi connectivity index (χ1v) is 12.8. The van der Waals surface area contributed by atoms with Crippen molar-refractivity contribution in [3.05, 3.63) is 71.8 Å². The number of aliphatic carboxylic acids is 1. The fourth-order valence-electron chi connectivity index (χ4n) is 5.63. The summed E-state index contributed by atoms with van der Waals surface area (Å²) in [4.78, 5) is 24.5. The topological polar surface area (TPSA) is 75.6 Å². The van der Waals surface area contributed by atoms with E-state index in [1.54, 1.807) is 30.3 Å². The molecule has 3 aliphatic carbocycles. The molecule has 2 bridgehead atoms. The monoisotopic (exact) mass is 557 g/mol. The molecule has 0 aromatic heterocycles. The van der Waals surface area contributed by atoms with Gasteiger partial charge in [-0.2, -0.15) is 13.2 Å². The number of rotatable bonds is 8. The highest BCUT2D eigenvalue weighted by molar-refractivity contribution is 8.20. The van der Waals surface area contributed by atoms with Crippen LogP contribution in [-0.4, -0.2) is 29.2 Å². The number of carboxylic acids is 1. The van der Waals surface area contributed by atoms with Crippen LogP contribution in [-0.2, 0) is 11.4 Å². The molecule has 3 aliphatic rings. The lowest BCUT2D eigenvalue weighted by Crippen LogP contribution is -2.75. The molecule has 1 amide bonds. The predicted octanol–water partition coefficient (Wildman–Crippen LogP) is 7.15. The van der Waals surface area contributed by atoms with Crippen LogP contribution in [0.5, 0.6) is 5.75 Å².